The maximum absolute atomic E-state index is 10.2. The van der Waals surface area contributed by atoms with E-state index in [1.165, 1.54) is 11.8 Å². The number of hydrogen-bond donors (Lipinski definition) is 3. The molecule has 0 rings (SSSR count). The minimum atomic E-state index is -0.705. The number of hydrogen-bond acceptors (Lipinski definition) is 4. The number of aliphatic hydroxyl groups is 1. The monoisotopic (exact) mass is 174 g/mol. The van der Waals surface area contributed by atoms with Crippen LogP contribution in [0.4, 0.5) is 0 Å². The topological polar surface area (TPSA) is 75.3 Å². The van der Waals surface area contributed by atoms with Crippen molar-refractivity contribution in [3.63, 3.8) is 0 Å². The Kier molecular flexibility index (Phi) is 4.21. The predicted molar refractivity (Wildman–Crippen MR) is 45.7 cm³/mol. The second-order valence-electron chi connectivity index (χ2n) is 1.68. The van der Waals surface area contributed by atoms with Crippen molar-refractivity contribution in [3.05, 3.63) is 23.6 Å². The Morgan fingerprint density at radius 2 is 2.36 bits per heavy atom. The van der Waals surface area contributed by atoms with Crippen LogP contribution in [0.5, 0.6) is 0 Å². The highest BCUT2D eigenvalue weighted by molar-refractivity contribution is 8.02. The van der Waals surface area contributed by atoms with E-state index in [0.717, 1.165) is 6.08 Å². The molecule has 4 nitrogen and oxygen atoms in total. The first-order chi connectivity index (χ1) is 5.06. The van der Waals surface area contributed by atoms with Crippen LogP contribution in [0.15, 0.2) is 23.6 Å². The zero-order valence-corrected chi connectivity index (χ0v) is 6.94. The second kappa shape index (κ2) is 4.68. The molecular weight excluding hydrogens is 164 g/mol. The van der Waals surface area contributed by atoms with Crippen LogP contribution in [0.1, 0.15) is 0 Å². The van der Waals surface area contributed by atoms with Gasteiger partial charge < -0.3 is 16.2 Å². The van der Waals surface area contributed by atoms with Gasteiger partial charge in [-0.2, -0.15) is 0 Å². The molecule has 0 aromatic rings. The van der Waals surface area contributed by atoms with Gasteiger partial charge >= 0.3 is 0 Å². The quantitative estimate of drug-likeness (QED) is 0.423. The van der Waals surface area contributed by atoms with Crippen molar-refractivity contribution in [2.45, 2.75) is 0 Å². The fourth-order valence-electron chi connectivity index (χ4n) is 0.365. The number of carbonyl (C=O) groups is 1. The molecule has 0 spiro atoms. The van der Waals surface area contributed by atoms with Gasteiger partial charge in [-0.15, -0.1) is 11.8 Å². The molecule has 0 aliphatic heterocycles. The van der Waals surface area contributed by atoms with Gasteiger partial charge in [0.25, 0.3) is 0 Å². The number of nitrogens with one attached hydrogen (secondary N) is 1. The van der Waals surface area contributed by atoms with E-state index in [2.05, 4.69) is 11.9 Å². The molecule has 62 valence electrons. The molecule has 1 amide bonds. The molecule has 0 saturated heterocycles. The minimum Gasteiger partial charge on any atom is -0.494 e. The molecular formula is C6H10N2O2S. The molecule has 4 N–H and O–H groups in total. The molecule has 0 saturated carbocycles. The van der Waals surface area contributed by atoms with Gasteiger partial charge in [0.15, 0.2) is 5.88 Å². The van der Waals surface area contributed by atoms with Crippen molar-refractivity contribution < 1.29 is 9.90 Å². The predicted octanol–water partition coefficient (Wildman–Crippen LogP) is 0.295. The van der Waals surface area contributed by atoms with E-state index >= 15 is 0 Å². The first kappa shape index (κ1) is 9.90. The summed E-state index contributed by atoms with van der Waals surface area (Å²) in [4.78, 5) is 10.2. The van der Waals surface area contributed by atoms with Crippen molar-refractivity contribution in [2.75, 3.05) is 6.26 Å². The Hall–Kier alpha value is -1.10. The number of aliphatic hydroxyl groups excluding tert-OH is 1. The third kappa shape index (κ3) is 5.35. The summed E-state index contributed by atoms with van der Waals surface area (Å²) in [6.45, 7) is 3.52. The molecule has 0 aromatic heterocycles. The Morgan fingerprint density at radius 3 is 2.73 bits per heavy atom. The SMILES string of the molecule is C=C(NC(O)=CC(N)=O)SC. The first-order valence-corrected chi connectivity index (χ1v) is 3.98. The zero-order valence-electron chi connectivity index (χ0n) is 6.13. The van der Waals surface area contributed by atoms with Crippen LogP contribution in [0.2, 0.25) is 0 Å². The summed E-state index contributed by atoms with van der Waals surface area (Å²) < 4.78 is 0. The summed E-state index contributed by atoms with van der Waals surface area (Å²) in [6.07, 6.45) is 2.66. The second-order valence-corrected chi connectivity index (χ2v) is 2.59. The summed E-state index contributed by atoms with van der Waals surface area (Å²) >= 11 is 1.32. The largest absolute Gasteiger partial charge is 0.494 e. The lowest BCUT2D eigenvalue weighted by Gasteiger charge is -2.03. The van der Waals surface area contributed by atoms with Gasteiger partial charge in [-0.1, -0.05) is 6.58 Å². The fourth-order valence-corrected chi connectivity index (χ4v) is 0.571. The highest BCUT2D eigenvalue weighted by Gasteiger charge is 1.95. The zero-order chi connectivity index (χ0) is 8.85. The van der Waals surface area contributed by atoms with Gasteiger partial charge in [-0.3, -0.25) is 4.79 Å². The van der Waals surface area contributed by atoms with Crippen LogP contribution in [-0.4, -0.2) is 17.3 Å². The summed E-state index contributed by atoms with van der Waals surface area (Å²) in [5.41, 5.74) is 4.76. The van der Waals surface area contributed by atoms with E-state index in [1.807, 2.05) is 0 Å². The molecule has 5 heteroatoms. The van der Waals surface area contributed by atoms with Crippen LogP contribution in [-0.2, 0) is 4.79 Å². The van der Waals surface area contributed by atoms with E-state index in [0.29, 0.717) is 5.03 Å². The molecule has 0 atom stereocenters. The first-order valence-electron chi connectivity index (χ1n) is 2.76. The fraction of sp³-hybridized carbons (Fsp3) is 0.167. The van der Waals surface area contributed by atoms with Gasteiger partial charge in [-0.25, -0.2) is 0 Å². The Morgan fingerprint density at radius 1 is 1.82 bits per heavy atom. The lowest BCUT2D eigenvalue weighted by molar-refractivity contribution is -0.113. The molecule has 0 bridgehead atoms. The Bertz CT molecular complexity index is 201. The third-order valence-electron chi connectivity index (χ3n) is 0.793. The van der Waals surface area contributed by atoms with E-state index in [4.69, 9.17) is 10.8 Å². The van der Waals surface area contributed by atoms with E-state index in [1.54, 1.807) is 6.26 Å². The van der Waals surface area contributed by atoms with Crippen molar-refractivity contribution in [1.29, 1.82) is 0 Å². The molecule has 11 heavy (non-hydrogen) atoms. The number of thioether (sulfide) groups is 1. The van der Waals surface area contributed by atoms with E-state index in [-0.39, 0.29) is 5.88 Å². The van der Waals surface area contributed by atoms with Gasteiger partial charge in [0.2, 0.25) is 5.91 Å². The van der Waals surface area contributed by atoms with Gasteiger partial charge in [0.1, 0.15) is 0 Å². The Balaban J connectivity index is 3.96. The van der Waals surface area contributed by atoms with Crippen molar-refractivity contribution in [2.24, 2.45) is 5.73 Å². The molecule has 0 aliphatic carbocycles. The van der Waals surface area contributed by atoms with E-state index < -0.39 is 5.91 Å². The summed E-state index contributed by atoms with van der Waals surface area (Å²) in [5.74, 6) is -0.999. The lowest BCUT2D eigenvalue weighted by atomic mass is 10.5. The molecule has 0 fully saturated rings. The molecule has 0 aromatic carbocycles. The van der Waals surface area contributed by atoms with Crippen LogP contribution < -0.4 is 11.1 Å². The average Bonchev–Trinajstić information content (AvgIpc) is 1.85. The maximum Gasteiger partial charge on any atom is 0.246 e. The summed E-state index contributed by atoms with van der Waals surface area (Å²) in [6, 6.07) is 0. The minimum absolute atomic E-state index is 0.295. The standard InChI is InChI=1S/C6H10N2O2S/c1-4(11-2)8-6(10)3-5(7)9/h3,8,10H,1H2,2H3,(H2,7,9). The lowest BCUT2D eigenvalue weighted by Crippen LogP contribution is -2.14. The number of carbonyl (C=O) groups excluding carboxylic acids is 1. The van der Waals surface area contributed by atoms with Crippen LogP contribution in [0.25, 0.3) is 0 Å². The number of nitrogens with two attached hydrogens (primary N) is 1. The third-order valence-corrected chi connectivity index (χ3v) is 1.39. The molecule has 0 unspecified atom stereocenters. The van der Waals surface area contributed by atoms with Gasteiger partial charge in [-0.05, 0) is 6.26 Å². The van der Waals surface area contributed by atoms with Crippen LogP contribution in [0.3, 0.4) is 0 Å². The molecule has 0 aliphatic rings. The van der Waals surface area contributed by atoms with Crippen molar-refractivity contribution >= 4 is 17.7 Å². The summed E-state index contributed by atoms with van der Waals surface area (Å²) in [7, 11) is 0. The van der Waals surface area contributed by atoms with Gasteiger partial charge in [0.05, 0.1) is 11.1 Å². The van der Waals surface area contributed by atoms with Gasteiger partial charge in [0, 0.05) is 0 Å². The van der Waals surface area contributed by atoms with Crippen molar-refractivity contribution in [1.82, 2.24) is 5.32 Å². The van der Waals surface area contributed by atoms with Crippen LogP contribution >= 0.6 is 11.8 Å². The number of primary amides is 1. The Labute approximate surface area is 69.2 Å². The normalized spacial score (nSPS) is 10.8. The maximum atomic E-state index is 10.2. The highest BCUT2D eigenvalue weighted by atomic mass is 32.2. The summed E-state index contributed by atoms with van der Waals surface area (Å²) in [5, 5.41) is 11.9. The smallest absolute Gasteiger partial charge is 0.246 e. The van der Waals surface area contributed by atoms with Crippen LogP contribution in [0, 0.1) is 0 Å². The average molecular weight is 174 g/mol. The number of rotatable bonds is 4. The molecule has 0 radical (unpaired) electrons. The highest BCUT2D eigenvalue weighted by Crippen LogP contribution is 2.04. The van der Waals surface area contributed by atoms with E-state index in [9.17, 15) is 4.79 Å². The number of amides is 1. The van der Waals surface area contributed by atoms with Crippen molar-refractivity contribution in [3.8, 4) is 0 Å². The molecule has 0 heterocycles.